The summed E-state index contributed by atoms with van der Waals surface area (Å²) in [6, 6.07) is 0. The van der Waals surface area contributed by atoms with Crippen molar-refractivity contribution in [2.24, 2.45) is 0 Å². The molecule has 0 aromatic heterocycles. The lowest BCUT2D eigenvalue weighted by atomic mass is 10.1. The first-order valence-electron chi connectivity index (χ1n) is 15.5. The summed E-state index contributed by atoms with van der Waals surface area (Å²) in [7, 11) is 4.17. The molecule has 0 rings (SSSR count). The van der Waals surface area contributed by atoms with E-state index in [1.165, 1.54) is 116 Å². The van der Waals surface area contributed by atoms with Gasteiger partial charge >= 0.3 is 5.97 Å². The molecule has 4 heteroatoms. The minimum atomic E-state index is -0.00980. The second kappa shape index (κ2) is 33.4. The first kappa shape index (κ1) is 36.5. The maximum absolute atomic E-state index is 11.5. The molecule has 1 N–H and O–H groups in total. The van der Waals surface area contributed by atoms with Gasteiger partial charge in [0, 0.05) is 13.0 Å². The Balaban J connectivity index is 0. The molecule has 35 heavy (non-hydrogen) atoms. The predicted molar refractivity (Wildman–Crippen MR) is 154 cm³/mol. The van der Waals surface area contributed by atoms with Crippen molar-refractivity contribution in [3.05, 3.63) is 0 Å². The Hall–Kier alpha value is -0.610. The van der Waals surface area contributed by atoms with Crippen LogP contribution in [-0.2, 0) is 9.53 Å². The predicted octanol–water partition coefficient (Wildman–Crippen LogP) is 9.08. The largest absolute Gasteiger partial charge is 0.466 e. The monoisotopic (exact) mass is 499 g/mol. The molecule has 0 unspecified atom stereocenters. The van der Waals surface area contributed by atoms with E-state index < -0.39 is 0 Å². The van der Waals surface area contributed by atoms with E-state index in [0.29, 0.717) is 19.6 Å². The number of aliphatic hydroxyl groups excluding tert-OH is 1. The standard InChI is InChI=1S/C19H39NO2.C12H26O/c1-4-5-6-7-8-9-10-11-15-18-22-19(21)16-13-12-14-17-20(2)3;1-2-3-4-5-6-7-8-9-10-11-12-13/h4-18H2,1-3H3;13H,2-12H2,1H3. The minimum Gasteiger partial charge on any atom is -0.466 e. The summed E-state index contributed by atoms with van der Waals surface area (Å²) < 4.78 is 5.28. The Morgan fingerprint density at radius 2 is 0.971 bits per heavy atom. The van der Waals surface area contributed by atoms with Crippen molar-refractivity contribution in [1.82, 2.24) is 4.90 Å². The summed E-state index contributed by atoms with van der Waals surface area (Å²) in [4.78, 5) is 13.7. The Labute approximate surface area is 221 Å². The van der Waals surface area contributed by atoms with Crippen molar-refractivity contribution in [2.75, 3.05) is 33.9 Å². The van der Waals surface area contributed by atoms with Gasteiger partial charge in [0.05, 0.1) is 6.61 Å². The SMILES string of the molecule is CCCCCCCCCCCCO.CCCCCCCCCCCOC(=O)CCCCCN(C)C. The second-order valence-corrected chi connectivity index (χ2v) is 10.6. The molecule has 0 fully saturated rings. The van der Waals surface area contributed by atoms with Gasteiger partial charge in [0.25, 0.3) is 0 Å². The zero-order chi connectivity index (χ0) is 26.2. The van der Waals surface area contributed by atoms with Crippen molar-refractivity contribution >= 4 is 5.97 Å². The first-order valence-corrected chi connectivity index (χ1v) is 15.5. The molecular formula is C31H65NO3. The fourth-order valence-electron chi connectivity index (χ4n) is 4.14. The molecular weight excluding hydrogens is 434 g/mol. The number of hydrogen-bond donors (Lipinski definition) is 1. The van der Waals surface area contributed by atoms with Crippen LogP contribution in [-0.4, -0.2) is 49.8 Å². The minimum absolute atomic E-state index is 0.00980. The topological polar surface area (TPSA) is 49.8 Å². The third-order valence-electron chi connectivity index (χ3n) is 6.51. The normalized spacial score (nSPS) is 10.9. The fourth-order valence-corrected chi connectivity index (χ4v) is 4.14. The van der Waals surface area contributed by atoms with Crippen molar-refractivity contribution in [2.45, 2.75) is 162 Å². The summed E-state index contributed by atoms with van der Waals surface area (Å²) in [6.07, 6.45) is 28.8. The molecule has 0 spiro atoms. The Bertz CT molecular complexity index is 377. The maximum Gasteiger partial charge on any atom is 0.305 e. The number of carbonyl (C=O) groups excluding carboxylic acids is 1. The second-order valence-electron chi connectivity index (χ2n) is 10.6. The van der Waals surface area contributed by atoms with Gasteiger partial charge in [0.2, 0.25) is 0 Å². The van der Waals surface area contributed by atoms with Crippen LogP contribution in [0.2, 0.25) is 0 Å². The van der Waals surface area contributed by atoms with Crippen LogP contribution < -0.4 is 0 Å². The van der Waals surface area contributed by atoms with Crippen molar-refractivity contribution in [3.8, 4) is 0 Å². The van der Waals surface area contributed by atoms with Gasteiger partial charge in [0.1, 0.15) is 0 Å². The van der Waals surface area contributed by atoms with Gasteiger partial charge < -0.3 is 14.7 Å². The zero-order valence-electron chi connectivity index (χ0n) is 24.6. The van der Waals surface area contributed by atoms with E-state index in [-0.39, 0.29) is 5.97 Å². The highest BCUT2D eigenvalue weighted by Gasteiger charge is 2.02. The number of unbranched alkanes of at least 4 members (excludes halogenated alkanes) is 19. The highest BCUT2D eigenvalue weighted by Crippen LogP contribution is 2.11. The number of carbonyl (C=O) groups is 1. The lowest BCUT2D eigenvalue weighted by Gasteiger charge is -2.08. The van der Waals surface area contributed by atoms with E-state index in [4.69, 9.17) is 9.84 Å². The van der Waals surface area contributed by atoms with Crippen molar-refractivity contribution in [3.63, 3.8) is 0 Å². The van der Waals surface area contributed by atoms with E-state index >= 15 is 0 Å². The molecule has 0 amide bonds. The van der Waals surface area contributed by atoms with Gasteiger partial charge in [-0.25, -0.2) is 0 Å². The van der Waals surface area contributed by atoms with E-state index in [1.807, 2.05) is 0 Å². The molecule has 0 heterocycles. The number of aliphatic hydroxyl groups is 1. The molecule has 0 aliphatic carbocycles. The van der Waals surface area contributed by atoms with Gasteiger partial charge in [-0.15, -0.1) is 0 Å². The molecule has 0 aliphatic rings. The van der Waals surface area contributed by atoms with Gasteiger partial charge in [0.15, 0.2) is 0 Å². The highest BCUT2D eigenvalue weighted by molar-refractivity contribution is 5.69. The van der Waals surface area contributed by atoms with Crippen LogP contribution >= 0.6 is 0 Å². The number of rotatable bonds is 26. The van der Waals surface area contributed by atoms with Crippen LogP contribution in [0.1, 0.15) is 162 Å². The maximum atomic E-state index is 11.5. The Kier molecular flexibility index (Phi) is 34.9. The molecule has 0 radical (unpaired) electrons. The molecule has 0 bridgehead atoms. The lowest BCUT2D eigenvalue weighted by molar-refractivity contribution is -0.143. The third-order valence-corrected chi connectivity index (χ3v) is 6.51. The Morgan fingerprint density at radius 1 is 0.571 bits per heavy atom. The summed E-state index contributed by atoms with van der Waals surface area (Å²) in [5, 5.41) is 8.57. The molecule has 4 nitrogen and oxygen atoms in total. The Morgan fingerprint density at radius 3 is 1.40 bits per heavy atom. The number of ether oxygens (including phenoxy) is 1. The molecule has 212 valence electrons. The van der Waals surface area contributed by atoms with E-state index in [0.717, 1.165) is 32.2 Å². The zero-order valence-corrected chi connectivity index (χ0v) is 24.6. The average molecular weight is 500 g/mol. The van der Waals surface area contributed by atoms with Crippen LogP contribution in [0.15, 0.2) is 0 Å². The summed E-state index contributed by atoms with van der Waals surface area (Å²) in [5.41, 5.74) is 0. The molecule has 0 atom stereocenters. The van der Waals surface area contributed by atoms with Gasteiger partial charge in [-0.05, 0) is 46.3 Å². The fraction of sp³-hybridized carbons (Fsp3) is 0.968. The van der Waals surface area contributed by atoms with Crippen LogP contribution in [0, 0.1) is 0 Å². The third kappa shape index (κ3) is 38.1. The molecule has 0 saturated carbocycles. The van der Waals surface area contributed by atoms with Crippen LogP contribution in [0.4, 0.5) is 0 Å². The lowest BCUT2D eigenvalue weighted by Crippen LogP contribution is -2.13. The average Bonchev–Trinajstić information content (AvgIpc) is 2.84. The molecule has 0 aromatic rings. The summed E-state index contributed by atoms with van der Waals surface area (Å²) in [5.74, 6) is -0.00980. The van der Waals surface area contributed by atoms with E-state index in [9.17, 15) is 4.79 Å². The van der Waals surface area contributed by atoms with Gasteiger partial charge in [-0.3, -0.25) is 4.79 Å². The van der Waals surface area contributed by atoms with Crippen molar-refractivity contribution < 1.29 is 14.6 Å². The van der Waals surface area contributed by atoms with E-state index in [1.54, 1.807) is 0 Å². The number of nitrogens with zero attached hydrogens (tertiary/aromatic N) is 1. The number of hydrogen-bond acceptors (Lipinski definition) is 4. The first-order chi connectivity index (χ1) is 17.1. The van der Waals surface area contributed by atoms with Crippen LogP contribution in [0.5, 0.6) is 0 Å². The summed E-state index contributed by atoms with van der Waals surface area (Å²) >= 11 is 0. The van der Waals surface area contributed by atoms with Crippen LogP contribution in [0.3, 0.4) is 0 Å². The van der Waals surface area contributed by atoms with Crippen molar-refractivity contribution in [1.29, 1.82) is 0 Å². The number of esters is 1. The van der Waals surface area contributed by atoms with Crippen LogP contribution in [0.25, 0.3) is 0 Å². The van der Waals surface area contributed by atoms with Gasteiger partial charge in [-0.2, -0.15) is 0 Å². The highest BCUT2D eigenvalue weighted by atomic mass is 16.5. The smallest absolute Gasteiger partial charge is 0.305 e. The van der Waals surface area contributed by atoms with Gasteiger partial charge in [-0.1, -0.05) is 129 Å². The molecule has 0 aliphatic heterocycles. The summed E-state index contributed by atoms with van der Waals surface area (Å²) in [6.45, 7) is 6.61. The quantitative estimate of drug-likeness (QED) is 0.0952. The van der Waals surface area contributed by atoms with E-state index in [2.05, 4.69) is 32.8 Å². The molecule has 0 saturated heterocycles. The molecule has 0 aromatic carbocycles.